The molecular weight excluding hydrogens is 164 g/mol. The molecule has 0 bridgehead atoms. The zero-order valence-electron chi connectivity index (χ0n) is 8.95. The number of hydrogen-bond acceptors (Lipinski definition) is 3. The van der Waals surface area contributed by atoms with E-state index in [4.69, 9.17) is 5.11 Å². The third-order valence-corrected chi connectivity index (χ3v) is 2.78. The molecule has 0 aromatic carbocycles. The van der Waals surface area contributed by atoms with Crippen molar-refractivity contribution in [3.8, 4) is 0 Å². The van der Waals surface area contributed by atoms with E-state index >= 15 is 0 Å². The summed E-state index contributed by atoms with van der Waals surface area (Å²) in [5, 5.41) is 12.6. The number of rotatable bonds is 3. The maximum atomic E-state index is 9.15. The molecule has 0 amide bonds. The number of aliphatic hydroxyl groups is 1. The Morgan fingerprint density at radius 3 is 2.85 bits per heavy atom. The minimum atomic E-state index is -0.230. The number of nitrogens with zero attached hydrogens (tertiary/aromatic N) is 1. The van der Waals surface area contributed by atoms with Crippen LogP contribution in [0.15, 0.2) is 0 Å². The maximum Gasteiger partial charge on any atom is 0.0636 e. The molecule has 0 aliphatic carbocycles. The summed E-state index contributed by atoms with van der Waals surface area (Å²) in [4.78, 5) is 2.37. The third-order valence-electron chi connectivity index (χ3n) is 2.78. The first kappa shape index (κ1) is 11.0. The molecule has 78 valence electrons. The summed E-state index contributed by atoms with van der Waals surface area (Å²) in [5.74, 6) is 0.692. The molecule has 1 heterocycles. The van der Waals surface area contributed by atoms with Crippen LogP contribution in [-0.4, -0.2) is 48.8 Å². The first-order valence-electron chi connectivity index (χ1n) is 5.19. The highest BCUT2D eigenvalue weighted by Crippen LogP contribution is 2.14. The van der Waals surface area contributed by atoms with Gasteiger partial charge in [0.1, 0.15) is 0 Å². The molecular formula is C10H22N2O. The van der Waals surface area contributed by atoms with E-state index in [1.165, 1.54) is 13.0 Å². The summed E-state index contributed by atoms with van der Waals surface area (Å²) in [5.41, 5.74) is 0. The number of hydrogen-bond donors (Lipinski definition) is 2. The first-order valence-corrected chi connectivity index (χ1v) is 5.19. The van der Waals surface area contributed by atoms with Gasteiger partial charge in [-0.1, -0.05) is 6.92 Å². The summed E-state index contributed by atoms with van der Waals surface area (Å²) in [6.45, 7) is 7.15. The third kappa shape index (κ3) is 3.63. The molecule has 3 atom stereocenters. The lowest BCUT2D eigenvalue weighted by Crippen LogP contribution is -2.48. The van der Waals surface area contributed by atoms with Crippen molar-refractivity contribution in [2.75, 3.05) is 26.7 Å². The quantitative estimate of drug-likeness (QED) is 0.665. The molecule has 0 aromatic heterocycles. The predicted octanol–water partition coefficient (Wildman–Crippen LogP) is 0.297. The summed E-state index contributed by atoms with van der Waals surface area (Å²) in [6.07, 6.45) is 0.969. The topological polar surface area (TPSA) is 35.5 Å². The summed E-state index contributed by atoms with van der Waals surface area (Å²) in [6, 6.07) is 0.589. The van der Waals surface area contributed by atoms with E-state index in [1.54, 1.807) is 0 Å². The molecule has 2 unspecified atom stereocenters. The molecule has 1 aliphatic heterocycles. The van der Waals surface area contributed by atoms with Crippen LogP contribution in [0.1, 0.15) is 20.3 Å². The molecule has 3 nitrogen and oxygen atoms in total. The van der Waals surface area contributed by atoms with E-state index in [1.807, 2.05) is 6.92 Å². The van der Waals surface area contributed by atoms with Gasteiger partial charge in [0.2, 0.25) is 0 Å². The highest BCUT2D eigenvalue weighted by molar-refractivity contribution is 4.81. The van der Waals surface area contributed by atoms with E-state index in [-0.39, 0.29) is 6.10 Å². The number of piperidine rings is 1. The Hall–Kier alpha value is -0.120. The van der Waals surface area contributed by atoms with Crippen molar-refractivity contribution in [3.05, 3.63) is 0 Å². The van der Waals surface area contributed by atoms with Gasteiger partial charge in [0.25, 0.3) is 0 Å². The van der Waals surface area contributed by atoms with Crippen LogP contribution in [0.4, 0.5) is 0 Å². The van der Waals surface area contributed by atoms with Crippen LogP contribution in [0.5, 0.6) is 0 Å². The van der Waals surface area contributed by atoms with Gasteiger partial charge in [0, 0.05) is 19.1 Å². The van der Waals surface area contributed by atoms with Gasteiger partial charge in [-0.15, -0.1) is 0 Å². The monoisotopic (exact) mass is 186 g/mol. The average Bonchev–Trinajstić information content (AvgIpc) is 2.02. The largest absolute Gasteiger partial charge is 0.392 e. The molecule has 1 fully saturated rings. The lowest BCUT2D eigenvalue weighted by molar-refractivity contribution is 0.145. The van der Waals surface area contributed by atoms with Gasteiger partial charge < -0.3 is 15.3 Å². The number of likely N-dealkylation sites (tertiary alicyclic amines) is 1. The van der Waals surface area contributed by atoms with Crippen LogP contribution in [0.25, 0.3) is 0 Å². The smallest absolute Gasteiger partial charge is 0.0636 e. The van der Waals surface area contributed by atoms with Crippen LogP contribution in [0, 0.1) is 5.92 Å². The highest BCUT2D eigenvalue weighted by atomic mass is 16.3. The van der Waals surface area contributed by atoms with Crippen molar-refractivity contribution in [1.29, 1.82) is 0 Å². The second kappa shape index (κ2) is 4.94. The van der Waals surface area contributed by atoms with Crippen molar-refractivity contribution in [2.24, 2.45) is 5.92 Å². The number of nitrogens with one attached hydrogen (secondary N) is 1. The highest BCUT2D eigenvalue weighted by Gasteiger charge is 2.23. The zero-order valence-corrected chi connectivity index (χ0v) is 8.95. The van der Waals surface area contributed by atoms with Gasteiger partial charge in [0.15, 0.2) is 0 Å². The second-order valence-corrected chi connectivity index (χ2v) is 4.39. The van der Waals surface area contributed by atoms with Crippen LogP contribution >= 0.6 is 0 Å². The molecule has 2 N–H and O–H groups in total. The molecule has 13 heavy (non-hydrogen) atoms. The molecule has 1 saturated heterocycles. The lowest BCUT2D eigenvalue weighted by Gasteiger charge is -2.35. The Kier molecular flexibility index (Phi) is 4.16. The number of aliphatic hydroxyl groups excluding tert-OH is 1. The van der Waals surface area contributed by atoms with Gasteiger partial charge in [-0.05, 0) is 32.9 Å². The second-order valence-electron chi connectivity index (χ2n) is 4.39. The van der Waals surface area contributed by atoms with E-state index in [0.717, 1.165) is 13.1 Å². The Balaban J connectivity index is 2.25. The minimum Gasteiger partial charge on any atom is -0.392 e. The fourth-order valence-electron chi connectivity index (χ4n) is 1.98. The van der Waals surface area contributed by atoms with E-state index in [0.29, 0.717) is 12.0 Å². The zero-order chi connectivity index (χ0) is 9.84. The van der Waals surface area contributed by atoms with Crippen molar-refractivity contribution in [1.82, 2.24) is 10.2 Å². The van der Waals surface area contributed by atoms with Gasteiger partial charge in [-0.3, -0.25) is 0 Å². The average molecular weight is 186 g/mol. The normalized spacial score (nSPS) is 33.2. The summed E-state index contributed by atoms with van der Waals surface area (Å²) >= 11 is 0. The Labute approximate surface area is 81.1 Å². The van der Waals surface area contributed by atoms with E-state index in [9.17, 15) is 0 Å². The Morgan fingerprint density at radius 2 is 2.31 bits per heavy atom. The molecule has 0 spiro atoms. The van der Waals surface area contributed by atoms with E-state index in [2.05, 4.69) is 24.2 Å². The van der Waals surface area contributed by atoms with Crippen LogP contribution in [0.2, 0.25) is 0 Å². The Bertz CT molecular complexity index is 150. The fourth-order valence-corrected chi connectivity index (χ4v) is 1.98. The fraction of sp³-hybridized carbons (Fsp3) is 1.00. The van der Waals surface area contributed by atoms with Crippen LogP contribution < -0.4 is 5.32 Å². The van der Waals surface area contributed by atoms with E-state index < -0.39 is 0 Å². The van der Waals surface area contributed by atoms with Gasteiger partial charge in [-0.2, -0.15) is 0 Å². The summed E-state index contributed by atoms with van der Waals surface area (Å²) in [7, 11) is 2.17. The molecule has 1 rings (SSSR count). The lowest BCUT2D eigenvalue weighted by atomic mass is 9.94. The molecule has 0 aromatic rings. The van der Waals surface area contributed by atoms with Crippen LogP contribution in [-0.2, 0) is 0 Å². The van der Waals surface area contributed by atoms with Gasteiger partial charge in [-0.25, -0.2) is 0 Å². The molecule has 1 aliphatic rings. The van der Waals surface area contributed by atoms with Crippen molar-refractivity contribution in [3.63, 3.8) is 0 Å². The SMILES string of the molecule is CC1CN(C)CCC1NC[C@H](C)O. The van der Waals surface area contributed by atoms with Crippen molar-refractivity contribution < 1.29 is 5.11 Å². The Morgan fingerprint density at radius 1 is 1.62 bits per heavy atom. The first-order chi connectivity index (χ1) is 6.09. The summed E-state index contributed by atoms with van der Waals surface area (Å²) < 4.78 is 0. The minimum absolute atomic E-state index is 0.230. The maximum absolute atomic E-state index is 9.15. The molecule has 3 heteroatoms. The van der Waals surface area contributed by atoms with Crippen LogP contribution in [0.3, 0.4) is 0 Å². The van der Waals surface area contributed by atoms with Crippen molar-refractivity contribution in [2.45, 2.75) is 32.4 Å². The molecule has 0 radical (unpaired) electrons. The van der Waals surface area contributed by atoms with Gasteiger partial charge >= 0.3 is 0 Å². The standard InChI is InChI=1S/C10H22N2O/c1-8-7-12(3)5-4-10(8)11-6-9(2)13/h8-11,13H,4-7H2,1-3H3/t8?,9-,10?/m0/s1. The van der Waals surface area contributed by atoms with Gasteiger partial charge in [0.05, 0.1) is 6.10 Å². The molecule has 0 saturated carbocycles. The predicted molar refractivity (Wildman–Crippen MR) is 54.7 cm³/mol. The van der Waals surface area contributed by atoms with Crippen molar-refractivity contribution >= 4 is 0 Å².